The van der Waals surface area contributed by atoms with Gasteiger partial charge in [0, 0.05) is 12.1 Å². The van der Waals surface area contributed by atoms with Crippen LogP contribution in [0, 0.1) is 17.0 Å². The number of amides is 2. The molecule has 2 amide bonds. The van der Waals surface area contributed by atoms with Gasteiger partial charge in [0.05, 0.1) is 16.2 Å². The highest BCUT2D eigenvalue weighted by atomic mass is 16.6. The third-order valence-electron chi connectivity index (χ3n) is 3.24. The highest BCUT2D eigenvalue weighted by Gasteiger charge is 2.17. The van der Waals surface area contributed by atoms with Crippen molar-refractivity contribution in [3.8, 4) is 0 Å². The lowest BCUT2D eigenvalue weighted by molar-refractivity contribution is -0.684. The fraction of sp³-hybridized carbons (Fsp3) is 0.133. The summed E-state index contributed by atoms with van der Waals surface area (Å²) in [7, 11) is 0. The van der Waals surface area contributed by atoms with Gasteiger partial charge in [0.15, 0.2) is 12.4 Å². The molecule has 0 atom stereocenters. The zero-order valence-corrected chi connectivity index (χ0v) is 12.4. The van der Waals surface area contributed by atoms with Gasteiger partial charge in [0.2, 0.25) is 6.54 Å². The van der Waals surface area contributed by atoms with Crippen LogP contribution in [0.2, 0.25) is 0 Å². The molecule has 0 unspecified atom stereocenters. The van der Waals surface area contributed by atoms with E-state index in [0.717, 1.165) is 0 Å². The minimum absolute atomic E-state index is 0.0523. The summed E-state index contributed by atoms with van der Waals surface area (Å²) in [6, 6.07) is 7.61. The molecule has 0 saturated heterocycles. The minimum Gasteiger partial charge on any atom is -0.365 e. The Kier molecular flexibility index (Phi) is 4.65. The van der Waals surface area contributed by atoms with Crippen molar-refractivity contribution in [3.63, 3.8) is 0 Å². The van der Waals surface area contributed by atoms with E-state index in [4.69, 9.17) is 5.73 Å². The predicted octanol–water partition coefficient (Wildman–Crippen LogP) is 0.928. The number of anilines is 1. The topological polar surface area (TPSA) is 119 Å². The second-order valence-electron chi connectivity index (χ2n) is 4.88. The number of primary amides is 1. The van der Waals surface area contributed by atoms with Crippen molar-refractivity contribution >= 4 is 23.2 Å². The Morgan fingerprint density at radius 2 is 2.04 bits per heavy atom. The molecule has 8 heteroatoms. The molecule has 2 aromatic rings. The summed E-state index contributed by atoms with van der Waals surface area (Å²) in [5, 5.41) is 13.5. The summed E-state index contributed by atoms with van der Waals surface area (Å²) in [5.74, 6) is -0.963. The average Bonchev–Trinajstić information content (AvgIpc) is 2.49. The summed E-state index contributed by atoms with van der Waals surface area (Å²) in [6.45, 7) is 1.51. The van der Waals surface area contributed by atoms with Gasteiger partial charge in [-0.1, -0.05) is 6.07 Å². The molecule has 1 heterocycles. The van der Waals surface area contributed by atoms with E-state index in [1.807, 2.05) is 0 Å². The largest absolute Gasteiger partial charge is 0.365 e. The van der Waals surface area contributed by atoms with Gasteiger partial charge in [-0.05, 0) is 19.1 Å². The molecule has 0 bridgehead atoms. The molecule has 0 saturated carbocycles. The van der Waals surface area contributed by atoms with Crippen LogP contribution < -0.4 is 15.6 Å². The van der Waals surface area contributed by atoms with E-state index in [1.165, 1.54) is 22.9 Å². The summed E-state index contributed by atoms with van der Waals surface area (Å²) >= 11 is 0. The first-order chi connectivity index (χ1) is 10.9. The Morgan fingerprint density at radius 1 is 1.30 bits per heavy atom. The molecule has 2 rings (SSSR count). The molecule has 23 heavy (non-hydrogen) atoms. The first kappa shape index (κ1) is 16.1. The van der Waals surface area contributed by atoms with Crippen molar-refractivity contribution in [1.29, 1.82) is 0 Å². The molecule has 0 radical (unpaired) electrons. The second kappa shape index (κ2) is 6.65. The van der Waals surface area contributed by atoms with Crippen LogP contribution in [0.3, 0.4) is 0 Å². The molecular formula is C15H15N4O4+. The maximum absolute atomic E-state index is 12.1. The van der Waals surface area contributed by atoms with Crippen LogP contribution in [0.1, 0.15) is 15.9 Å². The van der Waals surface area contributed by atoms with Crippen molar-refractivity contribution in [1.82, 2.24) is 0 Å². The van der Waals surface area contributed by atoms with Crippen molar-refractivity contribution in [2.45, 2.75) is 13.5 Å². The zero-order valence-electron chi connectivity index (χ0n) is 12.4. The molecule has 1 aromatic heterocycles. The van der Waals surface area contributed by atoms with E-state index in [-0.39, 0.29) is 23.7 Å². The Bertz CT molecular complexity index is 789. The van der Waals surface area contributed by atoms with Crippen LogP contribution in [0.4, 0.5) is 11.4 Å². The van der Waals surface area contributed by atoms with Crippen LogP contribution >= 0.6 is 0 Å². The maximum Gasteiger partial charge on any atom is 0.290 e. The van der Waals surface area contributed by atoms with E-state index < -0.39 is 10.8 Å². The molecule has 0 fully saturated rings. The van der Waals surface area contributed by atoms with Crippen LogP contribution in [0.5, 0.6) is 0 Å². The quantitative estimate of drug-likeness (QED) is 0.484. The van der Waals surface area contributed by atoms with Gasteiger partial charge in [-0.15, -0.1) is 0 Å². The van der Waals surface area contributed by atoms with Gasteiger partial charge in [-0.25, -0.2) is 0 Å². The van der Waals surface area contributed by atoms with E-state index in [0.29, 0.717) is 11.3 Å². The lowest BCUT2D eigenvalue weighted by Gasteiger charge is -2.07. The number of nitrogens with one attached hydrogen (secondary N) is 1. The second-order valence-corrected chi connectivity index (χ2v) is 4.88. The number of carbonyl (C=O) groups excluding carboxylic acids is 2. The standard InChI is InChI=1S/C15H14N4O4/c1-10-12(5-2-6-13(10)19(22)23)17-14(20)9-18-7-3-4-11(8-18)15(16)21/h2-8H,9H2,1H3,(H2-,16,17,20,21)/p+1. The lowest BCUT2D eigenvalue weighted by atomic mass is 10.1. The van der Waals surface area contributed by atoms with Crippen LogP contribution in [-0.4, -0.2) is 16.7 Å². The van der Waals surface area contributed by atoms with Gasteiger partial charge >= 0.3 is 0 Å². The van der Waals surface area contributed by atoms with E-state index in [1.54, 1.807) is 31.3 Å². The molecule has 8 nitrogen and oxygen atoms in total. The Labute approximate surface area is 131 Å². The van der Waals surface area contributed by atoms with Crippen LogP contribution in [0.15, 0.2) is 42.7 Å². The smallest absolute Gasteiger partial charge is 0.290 e. The van der Waals surface area contributed by atoms with Crippen LogP contribution in [0.25, 0.3) is 0 Å². The number of hydrogen-bond acceptors (Lipinski definition) is 4. The number of hydrogen-bond donors (Lipinski definition) is 2. The molecule has 1 aromatic carbocycles. The summed E-state index contributed by atoms with van der Waals surface area (Å²) in [5.41, 5.74) is 6.15. The first-order valence-electron chi connectivity index (χ1n) is 6.71. The minimum atomic E-state index is -0.589. The first-order valence-corrected chi connectivity index (χ1v) is 6.71. The average molecular weight is 315 g/mol. The monoisotopic (exact) mass is 315 g/mol. The molecule has 118 valence electrons. The van der Waals surface area contributed by atoms with Crippen LogP contribution in [-0.2, 0) is 11.3 Å². The molecule has 0 aliphatic heterocycles. The summed E-state index contributed by atoms with van der Waals surface area (Å²) < 4.78 is 1.50. The normalized spacial score (nSPS) is 10.1. The van der Waals surface area contributed by atoms with Gasteiger partial charge in [0.1, 0.15) is 5.56 Å². The Hall–Kier alpha value is -3.29. The molecule has 0 spiro atoms. The number of nitro groups is 1. The number of nitrogens with zero attached hydrogens (tertiary/aromatic N) is 2. The third kappa shape index (κ3) is 3.88. The van der Waals surface area contributed by atoms with Crippen molar-refractivity contribution < 1.29 is 19.1 Å². The van der Waals surface area contributed by atoms with Crippen molar-refractivity contribution in [2.75, 3.05) is 5.32 Å². The van der Waals surface area contributed by atoms with Gasteiger partial charge in [-0.3, -0.25) is 19.7 Å². The number of carbonyl (C=O) groups is 2. The number of aromatic nitrogens is 1. The summed E-state index contributed by atoms with van der Waals surface area (Å²) in [4.78, 5) is 33.6. The molecule has 0 aliphatic rings. The predicted molar refractivity (Wildman–Crippen MR) is 81.6 cm³/mol. The molecule has 3 N–H and O–H groups in total. The number of nitro benzene ring substituents is 1. The molecular weight excluding hydrogens is 300 g/mol. The molecule has 0 aliphatic carbocycles. The van der Waals surface area contributed by atoms with E-state index in [2.05, 4.69) is 5.32 Å². The summed E-state index contributed by atoms with van der Waals surface area (Å²) in [6.07, 6.45) is 3.08. The fourth-order valence-electron chi connectivity index (χ4n) is 2.08. The number of pyridine rings is 1. The number of benzene rings is 1. The lowest BCUT2D eigenvalue weighted by Crippen LogP contribution is -2.40. The highest BCUT2D eigenvalue weighted by Crippen LogP contribution is 2.24. The van der Waals surface area contributed by atoms with Crippen molar-refractivity contribution in [3.05, 3.63) is 64.0 Å². The Morgan fingerprint density at radius 3 is 2.70 bits per heavy atom. The van der Waals surface area contributed by atoms with E-state index in [9.17, 15) is 19.7 Å². The number of rotatable bonds is 5. The van der Waals surface area contributed by atoms with Gasteiger partial charge < -0.3 is 11.1 Å². The van der Waals surface area contributed by atoms with Gasteiger partial charge in [0.25, 0.3) is 17.5 Å². The zero-order chi connectivity index (χ0) is 17.0. The van der Waals surface area contributed by atoms with Gasteiger partial charge in [-0.2, -0.15) is 4.57 Å². The Balaban J connectivity index is 2.14. The SMILES string of the molecule is Cc1c(NC(=O)C[n+]2cccc(C(N)=O)c2)cccc1[N+](=O)[O-]. The third-order valence-corrected chi connectivity index (χ3v) is 3.24. The fourth-order valence-corrected chi connectivity index (χ4v) is 2.08. The maximum atomic E-state index is 12.1. The number of nitrogens with two attached hydrogens (primary N) is 1. The highest BCUT2D eigenvalue weighted by molar-refractivity contribution is 5.92. The van der Waals surface area contributed by atoms with E-state index >= 15 is 0 Å². The van der Waals surface area contributed by atoms with Crippen molar-refractivity contribution in [2.24, 2.45) is 5.73 Å².